The molecular formula is C24H24N4O2S. The van der Waals surface area contributed by atoms with Gasteiger partial charge in [-0.15, -0.1) is 11.3 Å². The van der Waals surface area contributed by atoms with Gasteiger partial charge in [-0.3, -0.25) is 9.59 Å². The normalized spacial score (nSPS) is 10.9. The molecule has 3 heterocycles. The van der Waals surface area contributed by atoms with Gasteiger partial charge in [0, 0.05) is 44.3 Å². The molecule has 4 aromatic rings. The number of thiophene rings is 1. The van der Waals surface area contributed by atoms with Gasteiger partial charge in [0.2, 0.25) is 5.91 Å². The average molecular weight is 433 g/mol. The molecule has 0 bridgehead atoms. The number of carbonyl (C=O) groups is 2. The molecule has 0 saturated heterocycles. The summed E-state index contributed by atoms with van der Waals surface area (Å²) in [7, 11) is 0. The molecule has 0 aliphatic heterocycles. The molecule has 1 aromatic carbocycles. The molecule has 0 fully saturated rings. The van der Waals surface area contributed by atoms with Crippen LogP contribution in [0.25, 0.3) is 11.0 Å². The monoisotopic (exact) mass is 432 g/mol. The summed E-state index contributed by atoms with van der Waals surface area (Å²) in [5, 5.41) is 5.98. The van der Waals surface area contributed by atoms with E-state index < -0.39 is 0 Å². The molecule has 4 rings (SSSR count). The van der Waals surface area contributed by atoms with Crippen molar-refractivity contribution in [2.45, 2.75) is 19.9 Å². The van der Waals surface area contributed by atoms with Crippen LogP contribution in [0, 0.1) is 0 Å². The van der Waals surface area contributed by atoms with Crippen LogP contribution < -0.4 is 5.32 Å². The van der Waals surface area contributed by atoms with Gasteiger partial charge in [0.1, 0.15) is 5.65 Å². The van der Waals surface area contributed by atoms with Crippen molar-refractivity contribution >= 4 is 34.2 Å². The van der Waals surface area contributed by atoms with Gasteiger partial charge in [0.25, 0.3) is 5.91 Å². The highest BCUT2D eigenvalue weighted by Crippen LogP contribution is 2.24. The topological polar surface area (TPSA) is 78.1 Å². The Labute approximate surface area is 184 Å². The van der Waals surface area contributed by atoms with Crippen molar-refractivity contribution in [3.63, 3.8) is 0 Å². The predicted molar refractivity (Wildman–Crippen MR) is 123 cm³/mol. The van der Waals surface area contributed by atoms with Gasteiger partial charge in [0.05, 0.1) is 4.88 Å². The molecule has 31 heavy (non-hydrogen) atoms. The number of aromatic amines is 1. The Morgan fingerprint density at radius 2 is 1.94 bits per heavy atom. The van der Waals surface area contributed by atoms with Crippen molar-refractivity contribution in [2.24, 2.45) is 0 Å². The van der Waals surface area contributed by atoms with E-state index in [2.05, 4.69) is 15.3 Å². The fourth-order valence-electron chi connectivity index (χ4n) is 3.59. The highest BCUT2D eigenvalue weighted by atomic mass is 32.1. The van der Waals surface area contributed by atoms with Crippen LogP contribution in [0.3, 0.4) is 0 Å². The first kappa shape index (κ1) is 20.8. The molecule has 0 atom stereocenters. The van der Waals surface area contributed by atoms with Crippen molar-refractivity contribution in [1.82, 2.24) is 20.2 Å². The first-order valence-electron chi connectivity index (χ1n) is 10.2. The molecule has 0 spiro atoms. The third kappa shape index (κ3) is 5.00. The van der Waals surface area contributed by atoms with Crippen molar-refractivity contribution in [2.75, 3.05) is 13.1 Å². The molecule has 0 aliphatic rings. The Morgan fingerprint density at radius 3 is 2.74 bits per heavy atom. The van der Waals surface area contributed by atoms with Crippen LogP contribution in [0.4, 0.5) is 0 Å². The summed E-state index contributed by atoms with van der Waals surface area (Å²) >= 11 is 1.44. The maximum atomic E-state index is 12.8. The van der Waals surface area contributed by atoms with Crippen LogP contribution in [-0.2, 0) is 17.8 Å². The Morgan fingerprint density at radius 1 is 1.10 bits per heavy atom. The third-order valence-corrected chi connectivity index (χ3v) is 6.17. The average Bonchev–Trinajstić information content (AvgIpc) is 3.43. The number of nitrogens with one attached hydrogen (secondary N) is 2. The lowest BCUT2D eigenvalue weighted by Gasteiger charge is -2.21. The fourth-order valence-corrected chi connectivity index (χ4v) is 4.43. The minimum Gasteiger partial charge on any atom is -0.350 e. The van der Waals surface area contributed by atoms with Gasteiger partial charge >= 0.3 is 0 Å². The molecule has 0 saturated carbocycles. The van der Waals surface area contributed by atoms with E-state index in [0.717, 1.165) is 27.7 Å². The molecular weight excluding hydrogens is 408 g/mol. The molecule has 158 valence electrons. The number of carbonyl (C=O) groups excluding carboxylic acids is 2. The van der Waals surface area contributed by atoms with Crippen LogP contribution in [0.2, 0.25) is 0 Å². The number of benzene rings is 1. The smallest absolute Gasteiger partial charge is 0.261 e. The summed E-state index contributed by atoms with van der Waals surface area (Å²) in [5.41, 5.74) is 4.03. The number of fused-ring (bicyclic) bond motifs is 1. The van der Waals surface area contributed by atoms with Gasteiger partial charge < -0.3 is 15.2 Å². The van der Waals surface area contributed by atoms with E-state index in [9.17, 15) is 9.59 Å². The maximum Gasteiger partial charge on any atom is 0.261 e. The molecule has 0 aliphatic carbocycles. The van der Waals surface area contributed by atoms with Crippen LogP contribution >= 0.6 is 11.3 Å². The maximum absolute atomic E-state index is 12.8. The Kier molecular flexibility index (Phi) is 6.43. The van der Waals surface area contributed by atoms with E-state index in [4.69, 9.17) is 0 Å². The molecule has 3 aromatic heterocycles. The molecule has 2 amide bonds. The number of nitrogens with zero attached hydrogens (tertiary/aromatic N) is 2. The first-order valence-corrected chi connectivity index (χ1v) is 11.0. The molecule has 0 unspecified atom stereocenters. The summed E-state index contributed by atoms with van der Waals surface area (Å²) in [6.45, 7) is 2.95. The summed E-state index contributed by atoms with van der Waals surface area (Å²) < 4.78 is 0. The zero-order valence-corrected chi connectivity index (χ0v) is 18.1. The molecule has 6 nitrogen and oxygen atoms in total. The number of amides is 2. The number of aromatic nitrogens is 2. The fraction of sp³-hybridized carbons (Fsp3) is 0.208. The standard InChI is InChI=1S/C24H24N4O2S/c1-17(29)28(16-18-5-3-2-4-6-18)13-12-27-24(30)22-20(9-14-31-22)15-19-7-10-25-23-21(19)8-11-26-23/h2-11,14H,12-13,15-16H2,1H3,(H,25,26)(H,27,30). The van der Waals surface area contributed by atoms with E-state index in [0.29, 0.717) is 30.9 Å². The molecule has 7 heteroatoms. The highest BCUT2D eigenvalue weighted by molar-refractivity contribution is 7.12. The largest absolute Gasteiger partial charge is 0.350 e. The van der Waals surface area contributed by atoms with E-state index >= 15 is 0 Å². The van der Waals surface area contributed by atoms with Crippen molar-refractivity contribution < 1.29 is 9.59 Å². The summed E-state index contributed by atoms with van der Waals surface area (Å²) in [5.74, 6) is -0.115. The number of H-pyrrole nitrogens is 1. The van der Waals surface area contributed by atoms with Gasteiger partial charge in [-0.1, -0.05) is 30.3 Å². The second-order valence-corrected chi connectivity index (χ2v) is 8.26. The van der Waals surface area contributed by atoms with E-state index in [-0.39, 0.29) is 11.8 Å². The third-order valence-electron chi connectivity index (χ3n) is 5.21. The number of hydrogen-bond acceptors (Lipinski definition) is 4. The van der Waals surface area contributed by atoms with Crippen LogP contribution in [0.1, 0.15) is 33.3 Å². The summed E-state index contributed by atoms with van der Waals surface area (Å²) in [6, 6.07) is 15.8. The Balaban J connectivity index is 1.38. The first-order chi connectivity index (χ1) is 15.1. The molecule has 2 N–H and O–H groups in total. The van der Waals surface area contributed by atoms with E-state index in [1.54, 1.807) is 18.0 Å². The van der Waals surface area contributed by atoms with Crippen LogP contribution in [-0.4, -0.2) is 39.8 Å². The number of hydrogen-bond donors (Lipinski definition) is 2. The molecule has 0 radical (unpaired) electrons. The van der Waals surface area contributed by atoms with Gasteiger partial charge in [-0.2, -0.15) is 0 Å². The Hall–Kier alpha value is -3.45. The quantitative estimate of drug-likeness (QED) is 0.442. The lowest BCUT2D eigenvalue weighted by Crippen LogP contribution is -2.37. The van der Waals surface area contributed by atoms with Gasteiger partial charge in [0.15, 0.2) is 0 Å². The lowest BCUT2D eigenvalue weighted by atomic mass is 10.0. The van der Waals surface area contributed by atoms with Gasteiger partial charge in [-0.05, 0) is 46.7 Å². The van der Waals surface area contributed by atoms with E-state index in [1.807, 2.05) is 60.1 Å². The summed E-state index contributed by atoms with van der Waals surface area (Å²) in [4.78, 5) is 34.7. The zero-order valence-electron chi connectivity index (χ0n) is 17.3. The van der Waals surface area contributed by atoms with Crippen LogP contribution in [0.5, 0.6) is 0 Å². The van der Waals surface area contributed by atoms with Crippen LogP contribution in [0.15, 0.2) is 66.3 Å². The highest BCUT2D eigenvalue weighted by Gasteiger charge is 2.16. The van der Waals surface area contributed by atoms with Gasteiger partial charge in [-0.25, -0.2) is 4.98 Å². The van der Waals surface area contributed by atoms with Crippen molar-refractivity contribution in [1.29, 1.82) is 0 Å². The SMILES string of the molecule is CC(=O)N(CCNC(=O)c1sccc1Cc1ccnc2[nH]ccc12)Cc1ccccc1. The minimum absolute atomic E-state index is 0.0110. The summed E-state index contributed by atoms with van der Waals surface area (Å²) in [6.07, 6.45) is 4.32. The minimum atomic E-state index is -0.104. The zero-order chi connectivity index (χ0) is 21.6. The predicted octanol–water partition coefficient (Wildman–Crippen LogP) is 3.99. The van der Waals surface area contributed by atoms with E-state index in [1.165, 1.54) is 11.3 Å². The Bertz CT molecular complexity index is 1180. The lowest BCUT2D eigenvalue weighted by molar-refractivity contribution is -0.129. The number of pyridine rings is 1. The second kappa shape index (κ2) is 9.57. The second-order valence-electron chi connectivity index (χ2n) is 7.34. The van der Waals surface area contributed by atoms with Crippen molar-refractivity contribution in [3.05, 3.63) is 87.9 Å². The van der Waals surface area contributed by atoms with Crippen molar-refractivity contribution in [3.8, 4) is 0 Å². The number of rotatable bonds is 8.